The van der Waals surface area contributed by atoms with Crippen LogP contribution in [0.3, 0.4) is 0 Å². The highest BCUT2D eigenvalue weighted by molar-refractivity contribution is 5.92. The average Bonchev–Trinajstić information content (AvgIpc) is 2.81. The molecule has 104 valence electrons. The molecule has 1 aliphatic rings. The van der Waals surface area contributed by atoms with Gasteiger partial charge < -0.3 is 10.4 Å². The summed E-state index contributed by atoms with van der Waals surface area (Å²) in [6, 6.07) is 3.24. The standard InChI is InChI=1S/C13H16F2N2O2/c14-11-2-1-10(5-12(11)15)16-13(19)7-17-4-3-9(6-17)8-18/h1-2,5,9,18H,3-4,6-8H2,(H,16,19). The molecular formula is C13H16F2N2O2. The second-order valence-corrected chi connectivity index (χ2v) is 4.75. The van der Waals surface area contributed by atoms with Crippen LogP contribution in [0.5, 0.6) is 0 Å². The minimum Gasteiger partial charge on any atom is -0.396 e. The van der Waals surface area contributed by atoms with E-state index in [1.807, 2.05) is 4.90 Å². The van der Waals surface area contributed by atoms with Gasteiger partial charge in [0.1, 0.15) is 0 Å². The summed E-state index contributed by atoms with van der Waals surface area (Å²) in [6.45, 7) is 1.76. The zero-order valence-corrected chi connectivity index (χ0v) is 10.4. The van der Waals surface area contributed by atoms with Gasteiger partial charge in [-0.1, -0.05) is 0 Å². The Kier molecular flexibility index (Phi) is 4.44. The molecular weight excluding hydrogens is 254 g/mol. The number of likely N-dealkylation sites (tertiary alicyclic amines) is 1. The van der Waals surface area contributed by atoms with E-state index in [9.17, 15) is 13.6 Å². The Bertz CT molecular complexity index is 468. The third-order valence-electron chi connectivity index (χ3n) is 3.20. The van der Waals surface area contributed by atoms with Gasteiger partial charge >= 0.3 is 0 Å². The molecule has 0 bridgehead atoms. The first kappa shape index (κ1) is 13.9. The molecule has 0 spiro atoms. The molecule has 1 unspecified atom stereocenters. The van der Waals surface area contributed by atoms with E-state index in [4.69, 9.17) is 5.11 Å². The number of hydrogen-bond donors (Lipinski definition) is 2. The van der Waals surface area contributed by atoms with Crippen molar-refractivity contribution in [2.75, 3.05) is 31.6 Å². The molecule has 2 rings (SSSR count). The largest absolute Gasteiger partial charge is 0.396 e. The molecule has 0 aromatic heterocycles. The lowest BCUT2D eigenvalue weighted by Gasteiger charge is -2.15. The second kappa shape index (κ2) is 6.08. The summed E-state index contributed by atoms with van der Waals surface area (Å²) in [4.78, 5) is 13.7. The van der Waals surface area contributed by atoms with Crippen molar-refractivity contribution in [3.8, 4) is 0 Å². The highest BCUT2D eigenvalue weighted by atomic mass is 19.2. The van der Waals surface area contributed by atoms with Crippen LogP contribution in [0.2, 0.25) is 0 Å². The van der Waals surface area contributed by atoms with E-state index in [1.165, 1.54) is 6.07 Å². The van der Waals surface area contributed by atoms with Crippen LogP contribution >= 0.6 is 0 Å². The number of halogens is 2. The van der Waals surface area contributed by atoms with Crippen molar-refractivity contribution in [1.82, 2.24) is 4.90 Å². The van der Waals surface area contributed by atoms with Gasteiger partial charge in [-0.25, -0.2) is 8.78 Å². The number of amides is 1. The number of rotatable bonds is 4. The van der Waals surface area contributed by atoms with Crippen LogP contribution in [-0.4, -0.2) is 42.2 Å². The van der Waals surface area contributed by atoms with E-state index in [1.54, 1.807) is 0 Å². The Morgan fingerprint density at radius 3 is 2.84 bits per heavy atom. The molecule has 4 nitrogen and oxygen atoms in total. The minimum absolute atomic E-state index is 0.126. The Balaban J connectivity index is 1.86. The first-order valence-corrected chi connectivity index (χ1v) is 6.16. The van der Waals surface area contributed by atoms with Crippen LogP contribution < -0.4 is 5.32 Å². The SMILES string of the molecule is O=C(CN1CCC(CO)C1)Nc1ccc(F)c(F)c1. The Labute approximate surface area is 110 Å². The van der Waals surface area contributed by atoms with Gasteiger partial charge in [0.15, 0.2) is 11.6 Å². The maximum Gasteiger partial charge on any atom is 0.238 e. The summed E-state index contributed by atoms with van der Waals surface area (Å²) in [5.74, 6) is -1.98. The molecule has 1 aromatic rings. The molecule has 1 heterocycles. The van der Waals surface area contributed by atoms with Gasteiger partial charge in [0, 0.05) is 24.9 Å². The molecule has 1 fully saturated rings. The van der Waals surface area contributed by atoms with Crippen molar-refractivity contribution < 1.29 is 18.7 Å². The molecule has 6 heteroatoms. The van der Waals surface area contributed by atoms with Crippen molar-refractivity contribution in [3.63, 3.8) is 0 Å². The van der Waals surface area contributed by atoms with Gasteiger partial charge in [-0.15, -0.1) is 0 Å². The summed E-state index contributed by atoms with van der Waals surface area (Å²) >= 11 is 0. The first-order chi connectivity index (χ1) is 9.08. The summed E-state index contributed by atoms with van der Waals surface area (Å²) in [5.41, 5.74) is 0.238. The lowest BCUT2D eigenvalue weighted by molar-refractivity contribution is -0.117. The smallest absolute Gasteiger partial charge is 0.238 e. The third-order valence-corrected chi connectivity index (χ3v) is 3.20. The van der Waals surface area contributed by atoms with E-state index in [-0.39, 0.29) is 30.7 Å². The van der Waals surface area contributed by atoms with Crippen molar-refractivity contribution in [3.05, 3.63) is 29.8 Å². The fraction of sp³-hybridized carbons (Fsp3) is 0.462. The zero-order chi connectivity index (χ0) is 13.8. The van der Waals surface area contributed by atoms with Crippen LogP contribution in [0.15, 0.2) is 18.2 Å². The molecule has 1 aromatic carbocycles. The molecule has 1 atom stereocenters. The Hall–Kier alpha value is -1.53. The van der Waals surface area contributed by atoms with Gasteiger partial charge in [-0.3, -0.25) is 9.69 Å². The number of anilines is 1. The maximum atomic E-state index is 13.0. The molecule has 0 radical (unpaired) electrons. The number of hydrogen-bond acceptors (Lipinski definition) is 3. The summed E-state index contributed by atoms with van der Waals surface area (Å²) < 4.78 is 25.7. The number of nitrogens with zero attached hydrogens (tertiary/aromatic N) is 1. The molecule has 0 saturated carbocycles. The number of aliphatic hydroxyl groups is 1. The molecule has 19 heavy (non-hydrogen) atoms. The highest BCUT2D eigenvalue weighted by Crippen LogP contribution is 2.16. The van der Waals surface area contributed by atoms with Crippen LogP contribution in [0.4, 0.5) is 14.5 Å². The van der Waals surface area contributed by atoms with Gasteiger partial charge in [-0.05, 0) is 31.0 Å². The lowest BCUT2D eigenvalue weighted by atomic mass is 10.1. The van der Waals surface area contributed by atoms with Crippen molar-refractivity contribution in [2.45, 2.75) is 6.42 Å². The van der Waals surface area contributed by atoms with Crippen molar-refractivity contribution in [2.24, 2.45) is 5.92 Å². The summed E-state index contributed by atoms with van der Waals surface area (Å²) in [5, 5.41) is 11.5. The van der Waals surface area contributed by atoms with Crippen molar-refractivity contribution >= 4 is 11.6 Å². The van der Waals surface area contributed by atoms with E-state index >= 15 is 0 Å². The van der Waals surface area contributed by atoms with Crippen LogP contribution in [-0.2, 0) is 4.79 Å². The molecule has 1 saturated heterocycles. The van der Waals surface area contributed by atoms with Crippen LogP contribution in [0.1, 0.15) is 6.42 Å². The normalized spacial score (nSPS) is 19.6. The van der Waals surface area contributed by atoms with Crippen LogP contribution in [0.25, 0.3) is 0 Å². The quantitative estimate of drug-likeness (QED) is 0.865. The zero-order valence-electron chi connectivity index (χ0n) is 10.4. The summed E-state index contributed by atoms with van der Waals surface area (Å²) in [6.07, 6.45) is 0.870. The number of aliphatic hydroxyl groups excluding tert-OH is 1. The number of carbonyl (C=O) groups excluding carboxylic acids is 1. The second-order valence-electron chi connectivity index (χ2n) is 4.75. The Morgan fingerprint density at radius 1 is 1.42 bits per heavy atom. The van der Waals surface area contributed by atoms with E-state index in [0.29, 0.717) is 6.54 Å². The minimum atomic E-state index is -0.987. The lowest BCUT2D eigenvalue weighted by Crippen LogP contribution is -2.31. The number of carbonyl (C=O) groups is 1. The highest BCUT2D eigenvalue weighted by Gasteiger charge is 2.23. The molecule has 0 aliphatic carbocycles. The predicted molar refractivity (Wildman–Crippen MR) is 66.6 cm³/mol. The molecule has 2 N–H and O–H groups in total. The monoisotopic (exact) mass is 270 g/mol. The van der Waals surface area contributed by atoms with Crippen LogP contribution in [0, 0.1) is 17.6 Å². The molecule has 1 aliphatic heterocycles. The third kappa shape index (κ3) is 3.71. The predicted octanol–water partition coefficient (Wildman–Crippen LogP) is 1.22. The van der Waals surface area contributed by atoms with E-state index in [2.05, 4.69) is 5.32 Å². The van der Waals surface area contributed by atoms with E-state index in [0.717, 1.165) is 25.1 Å². The topological polar surface area (TPSA) is 52.6 Å². The van der Waals surface area contributed by atoms with Gasteiger partial charge in [0.25, 0.3) is 0 Å². The fourth-order valence-electron chi connectivity index (χ4n) is 2.18. The van der Waals surface area contributed by atoms with Gasteiger partial charge in [0.05, 0.1) is 6.54 Å². The van der Waals surface area contributed by atoms with Gasteiger partial charge in [0.2, 0.25) is 5.91 Å². The first-order valence-electron chi connectivity index (χ1n) is 6.16. The average molecular weight is 270 g/mol. The number of nitrogens with one attached hydrogen (secondary N) is 1. The Morgan fingerprint density at radius 2 is 2.21 bits per heavy atom. The fourth-order valence-corrected chi connectivity index (χ4v) is 2.18. The summed E-state index contributed by atoms with van der Waals surface area (Å²) in [7, 11) is 0. The van der Waals surface area contributed by atoms with Gasteiger partial charge in [-0.2, -0.15) is 0 Å². The maximum absolute atomic E-state index is 13.0. The van der Waals surface area contributed by atoms with Crippen molar-refractivity contribution in [1.29, 1.82) is 0 Å². The number of benzene rings is 1. The molecule has 1 amide bonds. The van der Waals surface area contributed by atoms with E-state index < -0.39 is 11.6 Å².